The molecule has 0 unspecified atom stereocenters. The standard InChI is InChI=1S/C11H11FN2O4/c12-8-3-4-9(10(5-8)14(16)17)11(15)13-18-6-7-1-2-7/h3-5,7H,1-2,6H2,(H,13,15). The molecule has 0 saturated heterocycles. The Kier molecular flexibility index (Phi) is 3.52. The number of benzene rings is 1. The Morgan fingerprint density at radius 1 is 1.56 bits per heavy atom. The highest BCUT2D eigenvalue weighted by atomic mass is 19.1. The fourth-order valence-corrected chi connectivity index (χ4v) is 1.41. The molecule has 0 radical (unpaired) electrons. The van der Waals surface area contributed by atoms with E-state index in [4.69, 9.17) is 4.84 Å². The third-order valence-electron chi connectivity index (χ3n) is 2.58. The lowest BCUT2D eigenvalue weighted by atomic mass is 10.1. The largest absolute Gasteiger partial charge is 0.285 e. The fraction of sp³-hybridized carbons (Fsp3) is 0.364. The molecule has 0 spiro atoms. The minimum atomic E-state index is -0.807. The van der Waals surface area contributed by atoms with Crippen LogP contribution in [0.15, 0.2) is 18.2 Å². The van der Waals surface area contributed by atoms with Gasteiger partial charge in [-0.1, -0.05) is 0 Å². The minimum absolute atomic E-state index is 0.225. The Hall–Kier alpha value is -2.02. The Morgan fingerprint density at radius 2 is 2.28 bits per heavy atom. The number of halogens is 1. The number of hydroxylamine groups is 1. The van der Waals surface area contributed by atoms with Crippen molar-refractivity contribution in [2.24, 2.45) is 5.92 Å². The zero-order valence-corrected chi connectivity index (χ0v) is 9.39. The van der Waals surface area contributed by atoms with Gasteiger partial charge in [0.15, 0.2) is 0 Å². The van der Waals surface area contributed by atoms with E-state index < -0.39 is 22.3 Å². The molecule has 1 aromatic rings. The molecule has 1 aliphatic rings. The van der Waals surface area contributed by atoms with Crippen LogP contribution in [0.3, 0.4) is 0 Å². The number of nitrogens with zero attached hydrogens (tertiary/aromatic N) is 1. The number of carbonyl (C=O) groups is 1. The van der Waals surface area contributed by atoms with Crippen molar-refractivity contribution in [1.82, 2.24) is 5.48 Å². The zero-order chi connectivity index (χ0) is 13.1. The molecular weight excluding hydrogens is 243 g/mol. The molecule has 2 rings (SSSR count). The van der Waals surface area contributed by atoms with Crippen LogP contribution in [0.5, 0.6) is 0 Å². The maximum Gasteiger partial charge on any atom is 0.285 e. The molecule has 1 saturated carbocycles. The summed E-state index contributed by atoms with van der Waals surface area (Å²) in [4.78, 5) is 26.4. The van der Waals surface area contributed by atoms with E-state index in [0.717, 1.165) is 25.0 Å². The number of carbonyl (C=O) groups excluding carboxylic acids is 1. The molecule has 6 nitrogen and oxygen atoms in total. The van der Waals surface area contributed by atoms with Gasteiger partial charge in [0.1, 0.15) is 11.4 Å². The van der Waals surface area contributed by atoms with Crippen molar-refractivity contribution in [2.75, 3.05) is 6.61 Å². The number of nitro benzene ring substituents is 1. The Balaban J connectivity index is 2.05. The SMILES string of the molecule is O=C(NOCC1CC1)c1ccc(F)cc1[N+](=O)[O-]. The van der Waals surface area contributed by atoms with Crippen LogP contribution in [0.2, 0.25) is 0 Å². The summed E-state index contributed by atoms with van der Waals surface area (Å²) in [6.45, 7) is 0.390. The highest BCUT2D eigenvalue weighted by molar-refractivity contribution is 5.97. The summed E-state index contributed by atoms with van der Waals surface area (Å²) in [5.74, 6) is -1.06. The first-order valence-corrected chi connectivity index (χ1v) is 5.44. The quantitative estimate of drug-likeness (QED) is 0.641. The van der Waals surface area contributed by atoms with Gasteiger partial charge in [-0.25, -0.2) is 9.87 Å². The first-order valence-electron chi connectivity index (χ1n) is 5.44. The van der Waals surface area contributed by atoms with Crippen LogP contribution < -0.4 is 5.48 Å². The number of hydrogen-bond acceptors (Lipinski definition) is 4. The average Bonchev–Trinajstić information content (AvgIpc) is 3.12. The number of hydrogen-bond donors (Lipinski definition) is 1. The maximum atomic E-state index is 12.9. The van der Waals surface area contributed by atoms with E-state index in [1.165, 1.54) is 0 Å². The highest BCUT2D eigenvalue weighted by Crippen LogP contribution is 2.28. The molecule has 1 aliphatic carbocycles. The van der Waals surface area contributed by atoms with Gasteiger partial charge < -0.3 is 0 Å². The van der Waals surface area contributed by atoms with Gasteiger partial charge in [0.05, 0.1) is 17.6 Å². The average molecular weight is 254 g/mol. The summed E-state index contributed by atoms with van der Waals surface area (Å²) in [6, 6.07) is 2.75. The number of rotatable bonds is 5. The fourth-order valence-electron chi connectivity index (χ4n) is 1.41. The van der Waals surface area contributed by atoms with E-state index in [0.29, 0.717) is 18.6 Å². The minimum Gasteiger partial charge on any atom is -0.273 e. The monoisotopic (exact) mass is 254 g/mol. The Labute approximate surface area is 102 Å². The van der Waals surface area contributed by atoms with Gasteiger partial charge in [-0.3, -0.25) is 19.7 Å². The summed E-state index contributed by atoms with van der Waals surface area (Å²) in [5.41, 5.74) is 1.31. The lowest BCUT2D eigenvalue weighted by Crippen LogP contribution is -2.25. The van der Waals surface area contributed by atoms with Crippen LogP contribution in [0.1, 0.15) is 23.2 Å². The molecule has 1 fully saturated rings. The van der Waals surface area contributed by atoms with Gasteiger partial charge in [-0.2, -0.15) is 0 Å². The van der Waals surface area contributed by atoms with Crippen LogP contribution in [-0.4, -0.2) is 17.4 Å². The topological polar surface area (TPSA) is 81.5 Å². The van der Waals surface area contributed by atoms with E-state index in [9.17, 15) is 19.3 Å². The van der Waals surface area contributed by atoms with Crippen molar-refractivity contribution >= 4 is 11.6 Å². The summed E-state index contributed by atoms with van der Waals surface area (Å²) < 4.78 is 12.9. The number of amides is 1. The van der Waals surface area contributed by atoms with Crippen LogP contribution >= 0.6 is 0 Å². The highest BCUT2D eigenvalue weighted by Gasteiger charge is 2.24. The van der Waals surface area contributed by atoms with Crippen LogP contribution in [0.4, 0.5) is 10.1 Å². The molecule has 0 bridgehead atoms. The summed E-state index contributed by atoms with van der Waals surface area (Å²) in [5, 5.41) is 10.7. The molecule has 7 heteroatoms. The molecule has 0 aliphatic heterocycles. The molecule has 1 aromatic carbocycles. The third-order valence-corrected chi connectivity index (χ3v) is 2.58. The first kappa shape index (κ1) is 12.4. The lowest BCUT2D eigenvalue weighted by Gasteiger charge is -2.05. The first-order chi connectivity index (χ1) is 8.58. The Morgan fingerprint density at radius 3 is 2.89 bits per heavy atom. The second-order valence-corrected chi connectivity index (χ2v) is 4.10. The summed E-state index contributed by atoms with van der Waals surface area (Å²) in [7, 11) is 0. The molecule has 0 aromatic heterocycles. The lowest BCUT2D eigenvalue weighted by molar-refractivity contribution is -0.385. The molecule has 0 heterocycles. The van der Waals surface area contributed by atoms with Crippen molar-refractivity contribution < 1.29 is 18.9 Å². The van der Waals surface area contributed by atoms with Crippen molar-refractivity contribution in [1.29, 1.82) is 0 Å². The van der Waals surface area contributed by atoms with Crippen LogP contribution in [-0.2, 0) is 4.84 Å². The predicted octanol–water partition coefficient (Wildman–Crippen LogP) is 1.81. The second kappa shape index (κ2) is 5.09. The summed E-state index contributed by atoms with van der Waals surface area (Å²) in [6.07, 6.45) is 2.12. The van der Waals surface area contributed by atoms with Crippen molar-refractivity contribution in [3.8, 4) is 0 Å². The smallest absolute Gasteiger partial charge is 0.273 e. The maximum absolute atomic E-state index is 12.9. The number of nitro groups is 1. The van der Waals surface area contributed by atoms with Gasteiger partial charge in [0.2, 0.25) is 0 Å². The van der Waals surface area contributed by atoms with Crippen molar-refractivity contribution in [3.63, 3.8) is 0 Å². The van der Waals surface area contributed by atoms with Gasteiger partial charge in [0.25, 0.3) is 11.6 Å². The third kappa shape index (κ3) is 3.01. The molecule has 96 valence electrons. The normalized spacial score (nSPS) is 14.3. The van der Waals surface area contributed by atoms with E-state index in [-0.39, 0.29) is 5.56 Å². The van der Waals surface area contributed by atoms with Crippen molar-refractivity contribution in [2.45, 2.75) is 12.8 Å². The van der Waals surface area contributed by atoms with E-state index >= 15 is 0 Å². The molecular formula is C11H11FN2O4. The Bertz CT molecular complexity index is 488. The van der Waals surface area contributed by atoms with Gasteiger partial charge in [-0.05, 0) is 30.9 Å². The predicted molar refractivity (Wildman–Crippen MR) is 59.2 cm³/mol. The van der Waals surface area contributed by atoms with Gasteiger partial charge in [-0.15, -0.1) is 0 Å². The molecule has 18 heavy (non-hydrogen) atoms. The zero-order valence-electron chi connectivity index (χ0n) is 9.39. The van der Waals surface area contributed by atoms with E-state index in [1.54, 1.807) is 0 Å². The van der Waals surface area contributed by atoms with Crippen LogP contribution in [0, 0.1) is 21.8 Å². The van der Waals surface area contributed by atoms with Gasteiger partial charge in [0, 0.05) is 0 Å². The molecule has 1 N–H and O–H groups in total. The summed E-state index contributed by atoms with van der Waals surface area (Å²) >= 11 is 0. The van der Waals surface area contributed by atoms with Crippen LogP contribution in [0.25, 0.3) is 0 Å². The van der Waals surface area contributed by atoms with E-state index in [2.05, 4.69) is 5.48 Å². The molecule has 1 amide bonds. The number of nitrogens with one attached hydrogen (secondary N) is 1. The van der Waals surface area contributed by atoms with Crippen molar-refractivity contribution in [3.05, 3.63) is 39.7 Å². The van der Waals surface area contributed by atoms with E-state index in [1.807, 2.05) is 0 Å². The van der Waals surface area contributed by atoms with Gasteiger partial charge >= 0.3 is 0 Å². The second-order valence-electron chi connectivity index (χ2n) is 4.10. The molecule has 0 atom stereocenters.